The predicted molar refractivity (Wildman–Crippen MR) is 95.4 cm³/mol. The van der Waals surface area contributed by atoms with E-state index in [4.69, 9.17) is 4.74 Å². The van der Waals surface area contributed by atoms with Gasteiger partial charge >= 0.3 is 5.97 Å². The van der Waals surface area contributed by atoms with Crippen LogP contribution in [-0.4, -0.2) is 27.6 Å². The van der Waals surface area contributed by atoms with Crippen molar-refractivity contribution >= 4 is 21.7 Å². The predicted octanol–water partition coefficient (Wildman–Crippen LogP) is 2.54. The molecule has 0 aliphatic carbocycles. The number of benzene rings is 2. The third-order valence-corrected chi connectivity index (χ3v) is 5.62. The Morgan fingerprint density at radius 1 is 1.20 bits per heavy atom. The quantitative estimate of drug-likeness (QED) is 0.670. The maximum absolute atomic E-state index is 12.5. The fraction of sp³-hybridized carbons (Fsp3) is 0.278. The standard InChI is InChI=1S/C18H20N2O4S/c1-3-13-7-5-6-8-16(13)24-18(21)14-9-10-15-17(11-14)25(22,23)19-12-20(15)4-2/h5-11,19H,3-4,12H2,1-2H3. The summed E-state index contributed by atoms with van der Waals surface area (Å²) < 4.78 is 32.5. The Morgan fingerprint density at radius 2 is 1.96 bits per heavy atom. The average Bonchev–Trinajstić information content (AvgIpc) is 2.62. The summed E-state index contributed by atoms with van der Waals surface area (Å²) in [4.78, 5) is 14.5. The Kier molecular flexibility index (Phi) is 4.78. The number of carbonyl (C=O) groups excluding carboxylic acids is 1. The van der Waals surface area contributed by atoms with Gasteiger partial charge in [0.25, 0.3) is 0 Å². The Hall–Kier alpha value is -2.38. The number of sulfonamides is 1. The molecule has 0 saturated heterocycles. The minimum absolute atomic E-state index is 0.0961. The van der Waals surface area contributed by atoms with Gasteiger partial charge in [-0.05, 0) is 43.2 Å². The Labute approximate surface area is 147 Å². The number of anilines is 1. The zero-order valence-electron chi connectivity index (χ0n) is 14.2. The number of nitrogens with one attached hydrogen (secondary N) is 1. The van der Waals surface area contributed by atoms with Gasteiger partial charge < -0.3 is 9.64 Å². The van der Waals surface area contributed by atoms with Crippen molar-refractivity contribution in [3.8, 4) is 5.75 Å². The van der Waals surface area contributed by atoms with Crippen molar-refractivity contribution in [1.29, 1.82) is 0 Å². The smallest absolute Gasteiger partial charge is 0.343 e. The summed E-state index contributed by atoms with van der Waals surface area (Å²) in [6.07, 6.45) is 0.734. The summed E-state index contributed by atoms with van der Waals surface area (Å²) in [6, 6.07) is 11.9. The van der Waals surface area contributed by atoms with Crippen LogP contribution in [-0.2, 0) is 16.4 Å². The molecule has 0 atom stereocenters. The van der Waals surface area contributed by atoms with Crippen LogP contribution in [0.2, 0.25) is 0 Å². The van der Waals surface area contributed by atoms with E-state index >= 15 is 0 Å². The summed E-state index contributed by atoms with van der Waals surface area (Å²) >= 11 is 0. The fourth-order valence-corrected chi connectivity index (χ4v) is 4.02. The van der Waals surface area contributed by atoms with Crippen LogP contribution in [0, 0.1) is 0 Å². The molecule has 0 saturated carbocycles. The number of carbonyl (C=O) groups is 1. The van der Waals surface area contributed by atoms with Crippen molar-refractivity contribution in [1.82, 2.24) is 4.72 Å². The molecular weight excluding hydrogens is 340 g/mol. The molecule has 3 rings (SSSR count). The van der Waals surface area contributed by atoms with Gasteiger partial charge in [0.1, 0.15) is 10.6 Å². The topological polar surface area (TPSA) is 75.7 Å². The van der Waals surface area contributed by atoms with E-state index in [0.29, 0.717) is 18.0 Å². The molecule has 0 bridgehead atoms. The maximum Gasteiger partial charge on any atom is 0.343 e. The molecule has 7 heteroatoms. The van der Waals surface area contributed by atoms with E-state index < -0.39 is 16.0 Å². The number of para-hydroxylation sites is 1. The molecule has 1 aliphatic heterocycles. The number of nitrogens with zero attached hydrogens (tertiary/aromatic N) is 1. The molecule has 2 aromatic rings. The number of esters is 1. The molecule has 0 fully saturated rings. The maximum atomic E-state index is 12.5. The van der Waals surface area contributed by atoms with E-state index in [1.807, 2.05) is 30.9 Å². The largest absolute Gasteiger partial charge is 0.423 e. The molecule has 1 heterocycles. The van der Waals surface area contributed by atoms with Crippen molar-refractivity contribution in [2.24, 2.45) is 0 Å². The van der Waals surface area contributed by atoms with E-state index in [0.717, 1.165) is 12.0 Å². The van der Waals surface area contributed by atoms with Crippen LogP contribution < -0.4 is 14.4 Å². The van der Waals surface area contributed by atoms with Gasteiger partial charge in [0.2, 0.25) is 10.0 Å². The summed E-state index contributed by atoms with van der Waals surface area (Å²) in [5.41, 5.74) is 1.71. The highest BCUT2D eigenvalue weighted by Crippen LogP contribution is 2.30. The van der Waals surface area contributed by atoms with Gasteiger partial charge in [-0.15, -0.1) is 0 Å². The van der Waals surface area contributed by atoms with Crippen LogP contribution in [0.3, 0.4) is 0 Å². The monoisotopic (exact) mass is 360 g/mol. The van der Waals surface area contributed by atoms with E-state index in [1.165, 1.54) is 6.07 Å². The lowest BCUT2D eigenvalue weighted by molar-refractivity contribution is 0.0733. The molecule has 0 unspecified atom stereocenters. The highest BCUT2D eigenvalue weighted by Gasteiger charge is 2.28. The Balaban J connectivity index is 1.95. The van der Waals surface area contributed by atoms with Crippen molar-refractivity contribution in [3.63, 3.8) is 0 Å². The van der Waals surface area contributed by atoms with Crippen molar-refractivity contribution in [3.05, 3.63) is 53.6 Å². The second-order valence-electron chi connectivity index (χ2n) is 5.70. The summed E-state index contributed by atoms with van der Waals surface area (Å²) in [5, 5.41) is 0. The number of rotatable bonds is 4. The first-order valence-electron chi connectivity index (χ1n) is 8.15. The van der Waals surface area contributed by atoms with E-state index in [2.05, 4.69) is 4.72 Å². The van der Waals surface area contributed by atoms with Gasteiger partial charge in [-0.2, -0.15) is 4.72 Å². The summed E-state index contributed by atoms with van der Waals surface area (Å²) in [5.74, 6) is -0.0867. The number of fused-ring (bicyclic) bond motifs is 1. The van der Waals surface area contributed by atoms with Crippen LogP contribution in [0.15, 0.2) is 47.4 Å². The minimum atomic E-state index is -3.63. The molecule has 1 N–H and O–H groups in total. The van der Waals surface area contributed by atoms with Crippen LogP contribution >= 0.6 is 0 Å². The molecule has 132 valence electrons. The van der Waals surface area contributed by atoms with Gasteiger partial charge in [-0.3, -0.25) is 0 Å². The van der Waals surface area contributed by atoms with Crippen LogP contribution in [0.4, 0.5) is 5.69 Å². The molecule has 6 nitrogen and oxygen atoms in total. The normalized spacial score (nSPS) is 15.5. The molecule has 0 spiro atoms. The zero-order chi connectivity index (χ0) is 18.0. The number of ether oxygens (including phenoxy) is 1. The fourth-order valence-electron chi connectivity index (χ4n) is 2.78. The van der Waals surface area contributed by atoms with Crippen LogP contribution in [0.25, 0.3) is 0 Å². The molecule has 0 radical (unpaired) electrons. The lowest BCUT2D eigenvalue weighted by atomic mass is 10.1. The highest BCUT2D eigenvalue weighted by atomic mass is 32.2. The van der Waals surface area contributed by atoms with E-state index in [-0.39, 0.29) is 17.1 Å². The molecule has 1 aliphatic rings. The van der Waals surface area contributed by atoms with Crippen molar-refractivity contribution < 1.29 is 17.9 Å². The number of hydrogen-bond donors (Lipinski definition) is 1. The Morgan fingerprint density at radius 3 is 2.68 bits per heavy atom. The lowest BCUT2D eigenvalue weighted by Gasteiger charge is -2.30. The SMILES string of the molecule is CCc1ccccc1OC(=O)c1ccc2c(c1)S(=O)(=O)NCN2CC. The molecule has 0 aromatic heterocycles. The first-order valence-corrected chi connectivity index (χ1v) is 9.63. The average molecular weight is 360 g/mol. The Bertz CT molecular complexity index is 909. The number of aryl methyl sites for hydroxylation is 1. The second kappa shape index (κ2) is 6.85. The third kappa shape index (κ3) is 3.38. The van der Waals surface area contributed by atoms with E-state index in [9.17, 15) is 13.2 Å². The minimum Gasteiger partial charge on any atom is -0.423 e. The van der Waals surface area contributed by atoms with Crippen molar-refractivity contribution in [2.45, 2.75) is 25.2 Å². The molecule has 0 amide bonds. The third-order valence-electron chi connectivity index (χ3n) is 4.21. The summed E-state index contributed by atoms with van der Waals surface area (Å²) in [6.45, 7) is 4.79. The van der Waals surface area contributed by atoms with E-state index in [1.54, 1.807) is 24.3 Å². The first-order chi connectivity index (χ1) is 12.0. The van der Waals surface area contributed by atoms with Gasteiger partial charge in [-0.25, -0.2) is 13.2 Å². The van der Waals surface area contributed by atoms with Gasteiger partial charge in [-0.1, -0.05) is 25.1 Å². The molecule has 25 heavy (non-hydrogen) atoms. The van der Waals surface area contributed by atoms with Gasteiger partial charge in [0.05, 0.1) is 17.9 Å². The lowest BCUT2D eigenvalue weighted by Crippen LogP contribution is -2.43. The molecule has 2 aromatic carbocycles. The van der Waals surface area contributed by atoms with Gasteiger partial charge in [0, 0.05) is 6.54 Å². The summed E-state index contributed by atoms with van der Waals surface area (Å²) in [7, 11) is -3.63. The van der Waals surface area contributed by atoms with Crippen LogP contribution in [0.5, 0.6) is 5.75 Å². The molecular formula is C18H20N2O4S. The number of hydrogen-bond acceptors (Lipinski definition) is 5. The second-order valence-corrected chi connectivity index (χ2v) is 7.43. The zero-order valence-corrected chi connectivity index (χ0v) is 15.0. The van der Waals surface area contributed by atoms with Crippen LogP contribution in [0.1, 0.15) is 29.8 Å². The van der Waals surface area contributed by atoms with Crippen molar-refractivity contribution in [2.75, 3.05) is 18.1 Å². The first kappa shape index (κ1) is 17.4. The highest BCUT2D eigenvalue weighted by molar-refractivity contribution is 7.89. The van der Waals surface area contributed by atoms with Gasteiger partial charge in [0.15, 0.2) is 0 Å².